The van der Waals surface area contributed by atoms with Crippen molar-refractivity contribution in [2.75, 3.05) is 11.9 Å². The number of hydrogen-bond acceptors (Lipinski definition) is 3. The molecule has 27 heavy (non-hydrogen) atoms. The van der Waals surface area contributed by atoms with E-state index in [0.29, 0.717) is 16.9 Å². The van der Waals surface area contributed by atoms with Crippen LogP contribution in [-0.4, -0.2) is 17.4 Å². The number of pyridine rings is 1. The van der Waals surface area contributed by atoms with Crippen molar-refractivity contribution >= 4 is 44.9 Å². The third kappa shape index (κ3) is 4.64. The third-order valence-electron chi connectivity index (χ3n) is 5.42. The molecule has 2 aliphatic carbocycles. The van der Waals surface area contributed by atoms with Gasteiger partial charge in [-0.2, -0.15) is 0 Å². The summed E-state index contributed by atoms with van der Waals surface area (Å²) in [5.74, 6) is 1.85. The van der Waals surface area contributed by atoms with Gasteiger partial charge in [0, 0.05) is 22.9 Å². The summed E-state index contributed by atoms with van der Waals surface area (Å²) in [5, 5.41) is 7.06. The summed E-state index contributed by atoms with van der Waals surface area (Å²) in [6.07, 6.45) is 9.01. The molecule has 0 aliphatic heterocycles. The molecule has 0 saturated heterocycles. The molecule has 2 N–H and O–H groups in total. The van der Waals surface area contributed by atoms with Gasteiger partial charge in [-0.25, -0.2) is 4.98 Å². The third-order valence-corrected chi connectivity index (χ3v) is 6.65. The van der Waals surface area contributed by atoms with Crippen LogP contribution in [0.5, 0.6) is 0 Å². The Morgan fingerprint density at radius 1 is 1.19 bits per heavy atom. The van der Waals surface area contributed by atoms with Crippen molar-refractivity contribution in [1.29, 1.82) is 0 Å². The molecule has 0 bridgehead atoms. The SMILES string of the molecule is O=C(NCC1CCCC1)c1cnc(Nc2ccc(Br)c(Cl)c2)cc1C1CC1. The lowest BCUT2D eigenvalue weighted by molar-refractivity contribution is 0.0946. The Bertz CT molecular complexity index is 847. The second kappa shape index (κ2) is 8.19. The highest BCUT2D eigenvalue weighted by Gasteiger charge is 2.29. The summed E-state index contributed by atoms with van der Waals surface area (Å²) < 4.78 is 0.857. The van der Waals surface area contributed by atoms with Crippen molar-refractivity contribution in [3.05, 3.63) is 51.1 Å². The Kier molecular flexibility index (Phi) is 5.69. The molecule has 4 nitrogen and oxygen atoms in total. The predicted octanol–water partition coefficient (Wildman–Crippen LogP) is 6.04. The molecule has 0 atom stereocenters. The van der Waals surface area contributed by atoms with Crippen LogP contribution in [0, 0.1) is 5.92 Å². The number of carbonyl (C=O) groups is 1. The van der Waals surface area contributed by atoms with Crippen molar-refractivity contribution < 1.29 is 4.79 Å². The van der Waals surface area contributed by atoms with Crippen LogP contribution in [0.4, 0.5) is 11.5 Å². The van der Waals surface area contributed by atoms with E-state index in [1.165, 1.54) is 25.7 Å². The zero-order chi connectivity index (χ0) is 18.8. The molecule has 2 aliphatic rings. The number of halogens is 2. The fraction of sp³-hybridized carbons (Fsp3) is 0.429. The van der Waals surface area contributed by atoms with E-state index < -0.39 is 0 Å². The van der Waals surface area contributed by atoms with Crippen LogP contribution >= 0.6 is 27.5 Å². The van der Waals surface area contributed by atoms with Crippen LogP contribution in [-0.2, 0) is 0 Å². The van der Waals surface area contributed by atoms with Gasteiger partial charge in [0.05, 0.1) is 10.6 Å². The lowest BCUT2D eigenvalue weighted by Crippen LogP contribution is -2.29. The van der Waals surface area contributed by atoms with E-state index in [0.717, 1.165) is 46.5 Å². The van der Waals surface area contributed by atoms with E-state index in [-0.39, 0.29) is 5.91 Å². The molecule has 1 amide bonds. The Labute approximate surface area is 173 Å². The number of benzene rings is 1. The summed E-state index contributed by atoms with van der Waals surface area (Å²) in [7, 11) is 0. The zero-order valence-corrected chi connectivity index (χ0v) is 17.4. The van der Waals surface area contributed by atoms with Gasteiger partial charge in [0.2, 0.25) is 0 Å². The molecule has 0 unspecified atom stereocenters. The molecular formula is C21H23BrClN3O. The first kappa shape index (κ1) is 18.8. The average Bonchev–Trinajstić information content (AvgIpc) is 3.38. The quantitative estimate of drug-likeness (QED) is 0.566. The van der Waals surface area contributed by atoms with E-state index in [9.17, 15) is 4.79 Å². The monoisotopic (exact) mass is 447 g/mol. The lowest BCUT2D eigenvalue weighted by atomic mass is 10.0. The molecule has 0 radical (unpaired) electrons. The molecule has 2 saturated carbocycles. The summed E-state index contributed by atoms with van der Waals surface area (Å²) >= 11 is 9.57. The first-order valence-electron chi connectivity index (χ1n) is 9.60. The fourth-order valence-corrected chi connectivity index (χ4v) is 4.16. The molecule has 0 spiro atoms. The lowest BCUT2D eigenvalue weighted by Gasteiger charge is -2.14. The molecule has 2 aromatic rings. The van der Waals surface area contributed by atoms with Crippen LogP contribution < -0.4 is 10.6 Å². The first-order valence-corrected chi connectivity index (χ1v) is 10.8. The topological polar surface area (TPSA) is 54.0 Å². The van der Waals surface area contributed by atoms with E-state index in [1.54, 1.807) is 6.20 Å². The van der Waals surface area contributed by atoms with E-state index in [2.05, 4.69) is 31.5 Å². The number of amides is 1. The van der Waals surface area contributed by atoms with Gasteiger partial charge in [0.1, 0.15) is 5.82 Å². The first-order chi connectivity index (χ1) is 13.1. The maximum absolute atomic E-state index is 12.7. The van der Waals surface area contributed by atoms with Crippen LogP contribution in [0.1, 0.15) is 60.4 Å². The summed E-state index contributed by atoms with van der Waals surface area (Å²) in [6.45, 7) is 0.778. The highest BCUT2D eigenvalue weighted by molar-refractivity contribution is 9.10. The van der Waals surface area contributed by atoms with Crippen molar-refractivity contribution in [3.8, 4) is 0 Å². The maximum atomic E-state index is 12.7. The second-order valence-electron chi connectivity index (χ2n) is 7.55. The van der Waals surface area contributed by atoms with Gasteiger partial charge >= 0.3 is 0 Å². The molecule has 4 rings (SSSR count). The standard InChI is InChI=1S/C21H23BrClN3O/c22-18-8-7-15(9-19(18)23)26-20-10-16(14-5-6-14)17(12-24-20)21(27)25-11-13-3-1-2-4-13/h7-10,12-14H,1-6,11H2,(H,24,26)(H,25,27). The Balaban J connectivity index is 1.49. The van der Waals surface area contributed by atoms with Gasteiger partial charge in [-0.3, -0.25) is 4.79 Å². The highest BCUT2D eigenvalue weighted by Crippen LogP contribution is 2.42. The summed E-state index contributed by atoms with van der Waals surface area (Å²) in [6, 6.07) is 7.71. The number of rotatable bonds is 6. The normalized spacial score (nSPS) is 17.1. The number of anilines is 2. The molecular weight excluding hydrogens is 426 g/mol. The smallest absolute Gasteiger partial charge is 0.253 e. The molecule has 142 valence electrons. The maximum Gasteiger partial charge on any atom is 0.253 e. The van der Waals surface area contributed by atoms with Gasteiger partial charge < -0.3 is 10.6 Å². The highest BCUT2D eigenvalue weighted by atomic mass is 79.9. The Morgan fingerprint density at radius 2 is 1.96 bits per heavy atom. The number of hydrogen-bond donors (Lipinski definition) is 2. The minimum atomic E-state index is 0.00883. The average molecular weight is 449 g/mol. The van der Waals surface area contributed by atoms with Crippen molar-refractivity contribution in [2.24, 2.45) is 5.92 Å². The van der Waals surface area contributed by atoms with Gasteiger partial charge in [-0.05, 0) is 83.3 Å². The van der Waals surface area contributed by atoms with Crippen molar-refractivity contribution in [1.82, 2.24) is 10.3 Å². The zero-order valence-electron chi connectivity index (χ0n) is 15.1. The minimum absolute atomic E-state index is 0.00883. The van der Waals surface area contributed by atoms with Gasteiger partial charge in [0.25, 0.3) is 5.91 Å². The summed E-state index contributed by atoms with van der Waals surface area (Å²) in [5.41, 5.74) is 2.69. The molecule has 6 heteroatoms. The largest absolute Gasteiger partial charge is 0.352 e. The second-order valence-corrected chi connectivity index (χ2v) is 8.81. The van der Waals surface area contributed by atoms with E-state index in [4.69, 9.17) is 11.6 Å². The van der Waals surface area contributed by atoms with Gasteiger partial charge in [0.15, 0.2) is 0 Å². The molecule has 2 fully saturated rings. The number of nitrogens with one attached hydrogen (secondary N) is 2. The molecule has 1 aromatic carbocycles. The van der Waals surface area contributed by atoms with E-state index in [1.807, 2.05) is 24.3 Å². The van der Waals surface area contributed by atoms with Crippen LogP contribution in [0.15, 0.2) is 34.9 Å². The minimum Gasteiger partial charge on any atom is -0.352 e. The van der Waals surface area contributed by atoms with E-state index >= 15 is 0 Å². The number of carbonyl (C=O) groups excluding carboxylic acids is 1. The van der Waals surface area contributed by atoms with Gasteiger partial charge in [-0.15, -0.1) is 0 Å². The van der Waals surface area contributed by atoms with Crippen LogP contribution in [0.3, 0.4) is 0 Å². The number of aromatic nitrogens is 1. The van der Waals surface area contributed by atoms with Gasteiger partial charge in [-0.1, -0.05) is 24.4 Å². The summed E-state index contributed by atoms with van der Waals surface area (Å²) in [4.78, 5) is 17.2. The van der Waals surface area contributed by atoms with Crippen molar-refractivity contribution in [3.63, 3.8) is 0 Å². The van der Waals surface area contributed by atoms with Crippen LogP contribution in [0.25, 0.3) is 0 Å². The fourth-order valence-electron chi connectivity index (χ4n) is 3.73. The van der Waals surface area contributed by atoms with Crippen LogP contribution in [0.2, 0.25) is 5.02 Å². The molecule has 1 heterocycles. The number of nitrogens with zero attached hydrogens (tertiary/aromatic N) is 1. The van der Waals surface area contributed by atoms with Crippen molar-refractivity contribution in [2.45, 2.75) is 44.4 Å². The molecule has 1 aromatic heterocycles. The Hall–Kier alpha value is -1.59. The predicted molar refractivity (Wildman–Crippen MR) is 113 cm³/mol. The Morgan fingerprint density at radius 3 is 2.67 bits per heavy atom.